The fraction of sp³-hybridized carbons (Fsp3) is 0.133. The maximum Gasteiger partial charge on any atom is 0.256 e. The summed E-state index contributed by atoms with van der Waals surface area (Å²) in [5.74, 6) is -0.650. The van der Waals surface area contributed by atoms with Crippen molar-refractivity contribution >= 4 is 27.5 Å². The van der Waals surface area contributed by atoms with E-state index in [0.29, 0.717) is 15.7 Å². The van der Waals surface area contributed by atoms with Crippen LogP contribution in [0.1, 0.15) is 15.9 Å². The van der Waals surface area contributed by atoms with Gasteiger partial charge in [0.15, 0.2) is 11.6 Å². The highest BCUT2D eigenvalue weighted by Gasteiger charge is 2.12. The Bertz CT molecular complexity index is 658. The number of hydrogen-bond donors (Lipinski definition) is 1. The molecule has 1 amide bonds. The summed E-state index contributed by atoms with van der Waals surface area (Å²) in [4.78, 5) is 12.2. The van der Waals surface area contributed by atoms with Crippen molar-refractivity contribution in [2.24, 2.45) is 0 Å². The van der Waals surface area contributed by atoms with E-state index in [4.69, 9.17) is 4.74 Å². The van der Waals surface area contributed by atoms with Crippen molar-refractivity contribution in [3.8, 4) is 5.75 Å². The quantitative estimate of drug-likeness (QED) is 0.913. The Morgan fingerprint density at radius 1 is 1.25 bits per heavy atom. The van der Waals surface area contributed by atoms with Crippen LogP contribution in [0.4, 0.5) is 10.1 Å². The summed E-state index contributed by atoms with van der Waals surface area (Å²) in [5.41, 5.74) is 1.98. The van der Waals surface area contributed by atoms with E-state index in [0.717, 1.165) is 5.56 Å². The van der Waals surface area contributed by atoms with E-state index < -0.39 is 5.82 Å². The first-order valence-electron chi connectivity index (χ1n) is 5.92. The number of hydrogen-bond acceptors (Lipinski definition) is 2. The van der Waals surface area contributed by atoms with Gasteiger partial charge >= 0.3 is 0 Å². The number of amides is 1. The molecule has 2 aromatic carbocycles. The zero-order valence-electron chi connectivity index (χ0n) is 11.0. The molecule has 104 valence electrons. The fourth-order valence-electron chi connectivity index (χ4n) is 1.75. The summed E-state index contributed by atoms with van der Waals surface area (Å²) in [6, 6.07) is 9.67. The molecule has 0 fully saturated rings. The molecule has 3 nitrogen and oxygen atoms in total. The Labute approximate surface area is 124 Å². The molecule has 0 spiro atoms. The van der Waals surface area contributed by atoms with Crippen LogP contribution in [-0.4, -0.2) is 13.0 Å². The van der Waals surface area contributed by atoms with E-state index in [-0.39, 0.29) is 11.7 Å². The van der Waals surface area contributed by atoms with E-state index >= 15 is 0 Å². The lowest BCUT2D eigenvalue weighted by Gasteiger charge is -2.09. The van der Waals surface area contributed by atoms with Crippen molar-refractivity contribution in [3.63, 3.8) is 0 Å². The lowest BCUT2D eigenvalue weighted by Crippen LogP contribution is -2.13. The lowest BCUT2D eigenvalue weighted by atomic mass is 10.1. The molecule has 0 aliphatic heterocycles. The summed E-state index contributed by atoms with van der Waals surface area (Å²) in [6.45, 7) is 1.91. The summed E-state index contributed by atoms with van der Waals surface area (Å²) >= 11 is 3.34. The Morgan fingerprint density at radius 2 is 2.00 bits per heavy atom. The van der Waals surface area contributed by atoms with E-state index in [2.05, 4.69) is 21.2 Å². The van der Waals surface area contributed by atoms with Crippen molar-refractivity contribution in [2.45, 2.75) is 6.92 Å². The summed E-state index contributed by atoms with van der Waals surface area (Å²) in [7, 11) is 1.38. The topological polar surface area (TPSA) is 38.3 Å². The van der Waals surface area contributed by atoms with Crippen LogP contribution in [0.25, 0.3) is 0 Å². The molecule has 0 radical (unpaired) electrons. The number of benzene rings is 2. The SMILES string of the molecule is COc1cc(NC(=O)c2cc(C)ccc2Br)ccc1F. The lowest BCUT2D eigenvalue weighted by molar-refractivity contribution is 0.102. The normalized spacial score (nSPS) is 10.2. The van der Waals surface area contributed by atoms with Crippen LogP contribution in [0.5, 0.6) is 5.75 Å². The first-order chi connectivity index (χ1) is 9.51. The van der Waals surface area contributed by atoms with Crippen LogP contribution in [-0.2, 0) is 0 Å². The minimum Gasteiger partial charge on any atom is -0.494 e. The van der Waals surface area contributed by atoms with Gasteiger partial charge < -0.3 is 10.1 Å². The Morgan fingerprint density at radius 3 is 2.70 bits per heavy atom. The van der Waals surface area contributed by atoms with Gasteiger partial charge in [0.2, 0.25) is 0 Å². The first-order valence-corrected chi connectivity index (χ1v) is 6.71. The molecule has 0 unspecified atom stereocenters. The number of ether oxygens (including phenoxy) is 1. The number of nitrogens with one attached hydrogen (secondary N) is 1. The van der Waals surface area contributed by atoms with E-state index in [9.17, 15) is 9.18 Å². The highest BCUT2D eigenvalue weighted by Crippen LogP contribution is 2.23. The highest BCUT2D eigenvalue weighted by atomic mass is 79.9. The van der Waals surface area contributed by atoms with Crippen LogP contribution in [0.3, 0.4) is 0 Å². The average Bonchev–Trinajstić information content (AvgIpc) is 2.43. The largest absolute Gasteiger partial charge is 0.494 e. The average molecular weight is 338 g/mol. The molecule has 1 N–H and O–H groups in total. The predicted molar refractivity (Wildman–Crippen MR) is 79.8 cm³/mol. The van der Waals surface area contributed by atoms with Gasteiger partial charge in [-0.2, -0.15) is 0 Å². The van der Waals surface area contributed by atoms with E-state index in [1.54, 1.807) is 6.07 Å². The smallest absolute Gasteiger partial charge is 0.256 e. The zero-order valence-corrected chi connectivity index (χ0v) is 12.6. The second kappa shape index (κ2) is 6.05. The second-order valence-electron chi connectivity index (χ2n) is 4.29. The number of aryl methyl sites for hydroxylation is 1. The fourth-order valence-corrected chi connectivity index (χ4v) is 2.18. The molecular weight excluding hydrogens is 325 g/mol. The van der Waals surface area contributed by atoms with Gasteiger partial charge in [0.05, 0.1) is 12.7 Å². The number of methoxy groups -OCH3 is 1. The second-order valence-corrected chi connectivity index (χ2v) is 5.14. The zero-order chi connectivity index (χ0) is 14.7. The molecule has 0 bridgehead atoms. The Kier molecular flexibility index (Phi) is 4.39. The standard InChI is InChI=1S/C15H13BrFNO2/c1-9-3-5-12(16)11(7-9)15(19)18-10-4-6-13(17)14(8-10)20-2/h3-8H,1-2H3,(H,18,19). The third kappa shape index (κ3) is 3.17. The van der Waals surface area contributed by atoms with Crippen molar-refractivity contribution in [3.05, 3.63) is 57.8 Å². The van der Waals surface area contributed by atoms with Crippen molar-refractivity contribution in [1.29, 1.82) is 0 Å². The maximum atomic E-state index is 13.3. The molecule has 0 aromatic heterocycles. The molecular formula is C15H13BrFNO2. The van der Waals surface area contributed by atoms with Crippen LogP contribution in [0.15, 0.2) is 40.9 Å². The minimum atomic E-state index is -0.470. The molecule has 2 aromatic rings. The van der Waals surface area contributed by atoms with Gasteiger partial charge in [-0.15, -0.1) is 0 Å². The summed E-state index contributed by atoms with van der Waals surface area (Å²) in [6.07, 6.45) is 0. The van der Waals surface area contributed by atoms with Gasteiger partial charge in [-0.05, 0) is 47.1 Å². The Balaban J connectivity index is 2.25. The molecule has 0 saturated heterocycles. The van der Waals surface area contributed by atoms with Crippen molar-refractivity contribution in [1.82, 2.24) is 0 Å². The molecule has 0 saturated carbocycles. The predicted octanol–water partition coefficient (Wildman–Crippen LogP) is 4.16. The molecule has 0 aliphatic carbocycles. The minimum absolute atomic E-state index is 0.0890. The molecule has 0 atom stereocenters. The van der Waals surface area contributed by atoms with Crippen LogP contribution in [0, 0.1) is 12.7 Å². The number of halogens is 2. The van der Waals surface area contributed by atoms with Gasteiger partial charge in [0.25, 0.3) is 5.91 Å². The molecule has 0 heterocycles. The van der Waals surface area contributed by atoms with Gasteiger partial charge in [-0.1, -0.05) is 11.6 Å². The summed E-state index contributed by atoms with van der Waals surface area (Å²) in [5, 5.41) is 2.71. The summed E-state index contributed by atoms with van der Waals surface area (Å²) < 4.78 is 18.9. The van der Waals surface area contributed by atoms with Crippen LogP contribution < -0.4 is 10.1 Å². The van der Waals surface area contributed by atoms with Crippen LogP contribution >= 0.6 is 15.9 Å². The van der Waals surface area contributed by atoms with E-state index in [1.165, 1.54) is 25.3 Å². The highest BCUT2D eigenvalue weighted by molar-refractivity contribution is 9.10. The van der Waals surface area contributed by atoms with Gasteiger partial charge in [0.1, 0.15) is 0 Å². The van der Waals surface area contributed by atoms with Gasteiger partial charge in [0, 0.05) is 16.2 Å². The third-order valence-corrected chi connectivity index (χ3v) is 3.47. The molecule has 0 aliphatic rings. The van der Waals surface area contributed by atoms with Crippen molar-refractivity contribution in [2.75, 3.05) is 12.4 Å². The number of carbonyl (C=O) groups excluding carboxylic acids is 1. The van der Waals surface area contributed by atoms with E-state index in [1.807, 2.05) is 19.1 Å². The monoisotopic (exact) mass is 337 g/mol. The first kappa shape index (κ1) is 14.5. The van der Waals surface area contributed by atoms with Crippen LogP contribution in [0.2, 0.25) is 0 Å². The number of rotatable bonds is 3. The molecule has 20 heavy (non-hydrogen) atoms. The van der Waals surface area contributed by atoms with Gasteiger partial charge in [-0.25, -0.2) is 4.39 Å². The maximum absolute atomic E-state index is 13.3. The molecule has 2 rings (SSSR count). The third-order valence-electron chi connectivity index (χ3n) is 2.78. The molecule has 5 heteroatoms. The van der Waals surface area contributed by atoms with Gasteiger partial charge in [-0.3, -0.25) is 4.79 Å². The number of carbonyl (C=O) groups is 1. The Hall–Kier alpha value is -1.88. The van der Waals surface area contributed by atoms with Crippen molar-refractivity contribution < 1.29 is 13.9 Å². The number of anilines is 1.